The topological polar surface area (TPSA) is 237 Å². The summed E-state index contributed by atoms with van der Waals surface area (Å²) in [6.45, 7) is 4.88. The Bertz CT molecular complexity index is 1670. The third kappa shape index (κ3) is 62.6. The molecule has 0 spiro atoms. The number of aliphatic hydroxyl groups is 1. The first-order valence-corrected chi connectivity index (χ1v) is 38.8. The number of phosphoric ester groups is 2. The first kappa shape index (κ1) is 85.1. The maximum Gasteiger partial charge on any atom is 0.472 e. The molecular weight excluding hydrogens is 1150 g/mol. The second kappa shape index (κ2) is 62.8. The zero-order valence-corrected chi connectivity index (χ0v) is 57.8. The van der Waals surface area contributed by atoms with Crippen molar-refractivity contribution < 1.29 is 80.2 Å². The van der Waals surface area contributed by atoms with Crippen LogP contribution in [0.1, 0.15) is 355 Å². The smallest absolute Gasteiger partial charge is 0.462 e. The molecule has 516 valence electrons. The molecule has 0 aromatic rings. The van der Waals surface area contributed by atoms with Gasteiger partial charge in [-0.2, -0.15) is 0 Å². The summed E-state index contributed by atoms with van der Waals surface area (Å²) in [4.78, 5) is 72.2. The third-order valence-corrected chi connectivity index (χ3v) is 17.8. The van der Waals surface area contributed by atoms with Gasteiger partial charge in [0.25, 0.3) is 0 Å². The Hall–Kier alpha value is -1.94. The molecule has 0 amide bonds. The second-order valence-electron chi connectivity index (χ2n) is 24.6. The maximum absolute atomic E-state index is 13.0. The number of rotatable bonds is 69. The lowest BCUT2D eigenvalue weighted by Crippen LogP contribution is -2.30. The van der Waals surface area contributed by atoms with E-state index >= 15 is 0 Å². The van der Waals surface area contributed by atoms with Gasteiger partial charge in [-0.05, 0) is 25.7 Å². The number of phosphoric acid groups is 2. The van der Waals surface area contributed by atoms with Gasteiger partial charge in [0.2, 0.25) is 0 Å². The highest BCUT2D eigenvalue weighted by atomic mass is 31.2. The molecule has 5 atom stereocenters. The van der Waals surface area contributed by atoms with Gasteiger partial charge in [-0.3, -0.25) is 37.3 Å². The lowest BCUT2D eigenvalue weighted by atomic mass is 10.0. The van der Waals surface area contributed by atoms with Crippen molar-refractivity contribution in [3.8, 4) is 0 Å². The molecule has 87 heavy (non-hydrogen) atoms. The molecule has 0 bridgehead atoms. The molecule has 0 fully saturated rings. The van der Waals surface area contributed by atoms with Gasteiger partial charge in [0, 0.05) is 25.7 Å². The molecule has 0 aliphatic carbocycles. The van der Waals surface area contributed by atoms with Gasteiger partial charge in [-0.1, -0.05) is 304 Å². The molecule has 0 saturated heterocycles. The normalized spacial score (nSPS) is 14.1. The van der Waals surface area contributed by atoms with Gasteiger partial charge >= 0.3 is 39.5 Å². The van der Waals surface area contributed by atoms with Crippen LogP contribution < -0.4 is 0 Å². The fourth-order valence-corrected chi connectivity index (χ4v) is 11.9. The van der Waals surface area contributed by atoms with Crippen molar-refractivity contribution in [2.24, 2.45) is 0 Å². The molecule has 3 N–H and O–H groups in total. The Morgan fingerprint density at radius 1 is 0.276 bits per heavy atom. The fourth-order valence-electron chi connectivity index (χ4n) is 10.3. The first-order chi connectivity index (χ1) is 42.2. The second-order valence-corrected chi connectivity index (χ2v) is 27.5. The first-order valence-electron chi connectivity index (χ1n) is 35.8. The van der Waals surface area contributed by atoms with Gasteiger partial charge in [0.15, 0.2) is 12.2 Å². The minimum Gasteiger partial charge on any atom is -0.462 e. The highest BCUT2D eigenvalue weighted by Gasteiger charge is 2.30. The SMILES string of the molecule is CCCCCCCCCCCCCCCCCCCCCCC(=O)O[C@H](COC(=O)CCCCCCCCCCC)COP(=O)(O)OC[C@@H](O)COP(=O)(O)OC[C@@H](COC(=O)CCCCCCCCCCC)OC(=O)CCCCCCCCCCC. The van der Waals surface area contributed by atoms with E-state index in [1.165, 1.54) is 186 Å². The Morgan fingerprint density at radius 3 is 0.678 bits per heavy atom. The van der Waals surface area contributed by atoms with E-state index in [2.05, 4.69) is 27.7 Å². The lowest BCUT2D eigenvalue weighted by molar-refractivity contribution is -0.161. The summed E-state index contributed by atoms with van der Waals surface area (Å²) in [7, 11) is -9.88. The van der Waals surface area contributed by atoms with Gasteiger partial charge in [0.05, 0.1) is 26.4 Å². The Labute approximate surface area is 530 Å². The van der Waals surface area contributed by atoms with Crippen LogP contribution in [0.25, 0.3) is 0 Å². The molecule has 0 saturated carbocycles. The van der Waals surface area contributed by atoms with E-state index in [-0.39, 0.29) is 25.7 Å². The maximum atomic E-state index is 13.0. The van der Waals surface area contributed by atoms with Crippen molar-refractivity contribution in [1.82, 2.24) is 0 Å². The van der Waals surface area contributed by atoms with Gasteiger partial charge in [0.1, 0.15) is 19.3 Å². The average molecular weight is 1280 g/mol. The molecule has 0 heterocycles. The standard InChI is InChI=1S/C68H132O17P2/c1-5-9-13-17-21-25-26-27-28-29-30-31-32-33-34-35-39-43-47-51-55-68(73)85-64(59-79-66(71)53-49-45-41-37-23-19-15-11-7-3)61-83-87(76,77)81-57-62(69)56-80-86(74,75)82-60-63(84-67(72)54-50-46-42-38-24-20-16-12-8-4)58-78-65(70)52-48-44-40-36-22-18-14-10-6-2/h62-64,69H,5-61H2,1-4H3,(H,74,75)(H,76,77)/t62-,63+,64+/m0/s1. The highest BCUT2D eigenvalue weighted by molar-refractivity contribution is 7.47. The van der Waals surface area contributed by atoms with E-state index in [0.29, 0.717) is 25.7 Å². The van der Waals surface area contributed by atoms with Gasteiger partial charge in [-0.15, -0.1) is 0 Å². The van der Waals surface area contributed by atoms with Gasteiger partial charge < -0.3 is 33.8 Å². The monoisotopic (exact) mass is 1280 g/mol. The van der Waals surface area contributed by atoms with E-state index in [0.717, 1.165) is 89.9 Å². The van der Waals surface area contributed by atoms with Crippen LogP contribution in [-0.2, 0) is 65.4 Å². The predicted molar refractivity (Wildman–Crippen MR) is 349 cm³/mol. The molecule has 17 nitrogen and oxygen atoms in total. The van der Waals surface area contributed by atoms with Crippen LogP contribution in [0, 0.1) is 0 Å². The summed E-state index contributed by atoms with van der Waals surface area (Å²) >= 11 is 0. The third-order valence-electron chi connectivity index (χ3n) is 15.9. The summed E-state index contributed by atoms with van der Waals surface area (Å²) in [5.41, 5.74) is 0. The quantitative estimate of drug-likeness (QED) is 0.0222. The lowest BCUT2D eigenvalue weighted by Gasteiger charge is -2.21. The fraction of sp³-hybridized carbons (Fsp3) is 0.941. The predicted octanol–water partition coefficient (Wildman–Crippen LogP) is 19.5. The average Bonchev–Trinajstić information content (AvgIpc) is 3.60. The number of carbonyl (C=O) groups excluding carboxylic acids is 4. The molecule has 2 unspecified atom stereocenters. The van der Waals surface area contributed by atoms with Crippen LogP contribution in [0.2, 0.25) is 0 Å². The number of carbonyl (C=O) groups is 4. The zero-order valence-electron chi connectivity index (χ0n) is 56.0. The highest BCUT2D eigenvalue weighted by Crippen LogP contribution is 2.45. The van der Waals surface area contributed by atoms with Crippen LogP contribution in [-0.4, -0.2) is 96.7 Å². The van der Waals surface area contributed by atoms with Crippen molar-refractivity contribution in [3.63, 3.8) is 0 Å². The summed E-state index contributed by atoms with van der Waals surface area (Å²) in [5.74, 6) is -2.13. The summed E-state index contributed by atoms with van der Waals surface area (Å²) in [5, 5.41) is 10.5. The van der Waals surface area contributed by atoms with E-state index < -0.39 is 97.5 Å². The molecule has 0 aromatic heterocycles. The van der Waals surface area contributed by atoms with Crippen LogP contribution in [0.5, 0.6) is 0 Å². The van der Waals surface area contributed by atoms with E-state index in [1.807, 2.05) is 0 Å². The Morgan fingerprint density at radius 2 is 0.460 bits per heavy atom. The molecule has 0 rings (SSSR count). The Kier molecular flexibility index (Phi) is 61.4. The van der Waals surface area contributed by atoms with E-state index in [1.54, 1.807) is 0 Å². The van der Waals surface area contributed by atoms with E-state index in [4.69, 9.17) is 37.0 Å². The van der Waals surface area contributed by atoms with Crippen molar-refractivity contribution in [2.45, 2.75) is 373 Å². The van der Waals surface area contributed by atoms with E-state index in [9.17, 15) is 43.2 Å². The van der Waals surface area contributed by atoms with Crippen molar-refractivity contribution in [2.75, 3.05) is 39.6 Å². The number of aliphatic hydroxyl groups excluding tert-OH is 1. The van der Waals surface area contributed by atoms with Crippen LogP contribution in [0.3, 0.4) is 0 Å². The van der Waals surface area contributed by atoms with Crippen molar-refractivity contribution in [1.29, 1.82) is 0 Å². The van der Waals surface area contributed by atoms with Gasteiger partial charge in [-0.25, -0.2) is 9.13 Å². The summed E-state index contributed by atoms with van der Waals surface area (Å²) < 4.78 is 68.0. The minimum atomic E-state index is -4.94. The van der Waals surface area contributed by atoms with Crippen molar-refractivity contribution >= 4 is 39.5 Å². The zero-order chi connectivity index (χ0) is 64.0. The van der Waals surface area contributed by atoms with Crippen LogP contribution in [0.4, 0.5) is 0 Å². The minimum absolute atomic E-state index is 0.106. The summed E-state index contributed by atoms with van der Waals surface area (Å²) in [6, 6.07) is 0. The molecule has 0 aromatic carbocycles. The number of hydrogen-bond acceptors (Lipinski definition) is 15. The largest absolute Gasteiger partial charge is 0.472 e. The molecule has 19 heteroatoms. The summed E-state index contributed by atoms with van der Waals surface area (Å²) in [6.07, 6.45) is 50.1. The molecular formula is C68H132O17P2. The van der Waals surface area contributed by atoms with Crippen LogP contribution in [0.15, 0.2) is 0 Å². The molecule has 0 radical (unpaired) electrons. The number of unbranched alkanes of at least 4 members (excludes halogenated alkanes) is 43. The number of esters is 4. The Balaban J connectivity index is 5.12. The van der Waals surface area contributed by atoms with Crippen molar-refractivity contribution in [3.05, 3.63) is 0 Å². The molecule has 0 aliphatic heterocycles. The number of hydrogen-bond donors (Lipinski definition) is 3. The van der Waals surface area contributed by atoms with Crippen LogP contribution >= 0.6 is 15.6 Å². The molecule has 0 aliphatic rings. The number of ether oxygens (including phenoxy) is 4.